The van der Waals surface area contributed by atoms with Crippen molar-refractivity contribution in [1.29, 1.82) is 0 Å². The first-order valence-corrected chi connectivity index (χ1v) is 10.4. The number of hydrogen-bond acceptors (Lipinski definition) is 9. The van der Waals surface area contributed by atoms with E-state index in [0.29, 0.717) is 16.5 Å². The van der Waals surface area contributed by atoms with Gasteiger partial charge < -0.3 is 5.32 Å². The summed E-state index contributed by atoms with van der Waals surface area (Å²) < 4.78 is 27.0. The summed E-state index contributed by atoms with van der Waals surface area (Å²) in [5, 5.41) is 15.1. The lowest BCUT2D eigenvalue weighted by Gasteiger charge is -2.06. The van der Waals surface area contributed by atoms with Crippen LogP contribution in [-0.4, -0.2) is 56.8 Å². The van der Waals surface area contributed by atoms with Crippen LogP contribution in [0.5, 0.6) is 0 Å². The zero-order valence-electron chi connectivity index (χ0n) is 15.2. The van der Waals surface area contributed by atoms with E-state index >= 15 is 0 Å². The molecule has 0 saturated carbocycles. The van der Waals surface area contributed by atoms with Crippen LogP contribution in [0, 0.1) is 0 Å². The number of nitrogens with zero attached hydrogens (tertiary/aromatic N) is 7. The second kappa shape index (κ2) is 6.89. The maximum atomic E-state index is 12.1. The maximum absolute atomic E-state index is 12.1. The molecule has 0 atom stereocenters. The van der Waals surface area contributed by atoms with Crippen LogP contribution < -0.4 is 5.32 Å². The standard InChI is InChI=1S/C16H16N8O2S2/c1-23(2)28(25,26)16-22-21-15(27-16)20-14-5-4-12-13(19-14)6-10(7-17-12)11-8-18-24(3)9-11/h4-9H,1-3H3,(H,19,20,21). The van der Waals surface area contributed by atoms with Gasteiger partial charge in [-0.15, -0.1) is 10.2 Å². The van der Waals surface area contributed by atoms with Gasteiger partial charge in [0.05, 0.1) is 17.2 Å². The Labute approximate surface area is 164 Å². The Morgan fingerprint density at radius 2 is 1.93 bits per heavy atom. The zero-order chi connectivity index (χ0) is 19.9. The minimum atomic E-state index is -3.62. The van der Waals surface area contributed by atoms with Crippen LogP contribution >= 0.6 is 11.3 Å². The molecule has 0 amide bonds. The van der Waals surface area contributed by atoms with Crippen molar-refractivity contribution in [2.45, 2.75) is 4.34 Å². The molecule has 0 radical (unpaired) electrons. The molecular weight excluding hydrogens is 400 g/mol. The molecule has 12 heteroatoms. The number of anilines is 2. The molecule has 4 heterocycles. The summed E-state index contributed by atoms with van der Waals surface area (Å²) >= 11 is 0.942. The van der Waals surface area contributed by atoms with E-state index < -0.39 is 10.0 Å². The van der Waals surface area contributed by atoms with Gasteiger partial charge in [0.2, 0.25) is 9.47 Å². The third-order valence-corrected chi connectivity index (χ3v) is 6.92. The van der Waals surface area contributed by atoms with Gasteiger partial charge in [-0.2, -0.15) is 5.10 Å². The van der Waals surface area contributed by atoms with Crippen molar-refractivity contribution in [2.75, 3.05) is 19.4 Å². The van der Waals surface area contributed by atoms with E-state index in [4.69, 9.17) is 0 Å². The van der Waals surface area contributed by atoms with Gasteiger partial charge in [-0.25, -0.2) is 17.7 Å². The average molecular weight is 416 g/mol. The zero-order valence-corrected chi connectivity index (χ0v) is 16.9. The monoisotopic (exact) mass is 416 g/mol. The molecule has 144 valence electrons. The molecular formula is C16H16N8O2S2. The lowest BCUT2D eigenvalue weighted by atomic mass is 10.1. The van der Waals surface area contributed by atoms with Crippen molar-refractivity contribution in [3.63, 3.8) is 0 Å². The number of hydrogen-bond donors (Lipinski definition) is 1. The molecule has 0 fully saturated rings. The highest BCUT2D eigenvalue weighted by atomic mass is 32.2. The van der Waals surface area contributed by atoms with E-state index in [2.05, 4.69) is 30.6 Å². The van der Waals surface area contributed by atoms with E-state index in [0.717, 1.165) is 32.3 Å². The second-order valence-corrected chi connectivity index (χ2v) is 9.45. The van der Waals surface area contributed by atoms with Crippen LogP contribution in [0.4, 0.5) is 10.9 Å². The highest BCUT2D eigenvalue weighted by molar-refractivity contribution is 7.91. The van der Waals surface area contributed by atoms with Gasteiger partial charge in [-0.3, -0.25) is 9.67 Å². The number of sulfonamides is 1. The van der Waals surface area contributed by atoms with E-state index in [9.17, 15) is 8.42 Å². The van der Waals surface area contributed by atoms with Crippen LogP contribution in [0.25, 0.3) is 22.2 Å². The maximum Gasteiger partial charge on any atom is 0.271 e. The second-order valence-electron chi connectivity index (χ2n) is 6.15. The Balaban J connectivity index is 1.64. The highest BCUT2D eigenvalue weighted by Gasteiger charge is 2.22. The van der Waals surface area contributed by atoms with Gasteiger partial charge in [-0.05, 0) is 18.2 Å². The Morgan fingerprint density at radius 1 is 1.11 bits per heavy atom. The lowest BCUT2D eigenvalue weighted by molar-refractivity contribution is 0.519. The number of aromatic nitrogens is 6. The number of nitrogens with one attached hydrogen (secondary N) is 1. The molecule has 4 aromatic rings. The summed E-state index contributed by atoms with van der Waals surface area (Å²) in [5.74, 6) is 0.516. The minimum Gasteiger partial charge on any atom is -0.315 e. The first kappa shape index (κ1) is 18.4. The molecule has 4 rings (SSSR count). The van der Waals surface area contributed by atoms with E-state index in [1.165, 1.54) is 14.1 Å². The fourth-order valence-corrected chi connectivity index (χ4v) is 4.48. The number of pyridine rings is 2. The van der Waals surface area contributed by atoms with Crippen molar-refractivity contribution in [3.05, 3.63) is 36.8 Å². The van der Waals surface area contributed by atoms with Gasteiger partial charge in [0.1, 0.15) is 5.82 Å². The molecule has 1 N–H and O–H groups in total. The van der Waals surface area contributed by atoms with Crippen molar-refractivity contribution in [3.8, 4) is 11.1 Å². The summed E-state index contributed by atoms with van der Waals surface area (Å²) in [7, 11) is 1.13. The SMILES string of the molecule is CN(C)S(=O)(=O)c1nnc(Nc2ccc3ncc(-c4cnn(C)c4)cc3n2)s1. The van der Waals surface area contributed by atoms with Crippen molar-refractivity contribution in [2.24, 2.45) is 7.05 Å². The molecule has 0 saturated heterocycles. The molecule has 10 nitrogen and oxygen atoms in total. The topological polar surface area (TPSA) is 119 Å². The largest absolute Gasteiger partial charge is 0.315 e. The molecule has 0 aliphatic rings. The summed E-state index contributed by atoms with van der Waals surface area (Å²) in [5.41, 5.74) is 3.28. The number of rotatable bonds is 5. The fourth-order valence-electron chi connectivity index (χ4n) is 2.43. The fraction of sp³-hybridized carbons (Fsp3) is 0.188. The van der Waals surface area contributed by atoms with Gasteiger partial charge in [0.25, 0.3) is 10.0 Å². The smallest absolute Gasteiger partial charge is 0.271 e. The van der Waals surface area contributed by atoms with Crippen molar-refractivity contribution >= 4 is 43.3 Å². The Kier molecular flexibility index (Phi) is 4.53. The number of aryl methyl sites for hydroxylation is 1. The first-order chi connectivity index (χ1) is 13.3. The molecule has 0 aromatic carbocycles. The quantitative estimate of drug-likeness (QED) is 0.524. The van der Waals surface area contributed by atoms with Crippen molar-refractivity contribution < 1.29 is 8.42 Å². The molecule has 4 aromatic heterocycles. The summed E-state index contributed by atoms with van der Waals surface area (Å²) in [6, 6.07) is 5.50. The summed E-state index contributed by atoms with van der Waals surface area (Å²) in [6.45, 7) is 0. The normalized spacial score (nSPS) is 12.0. The van der Waals surface area contributed by atoms with E-state index in [1.54, 1.807) is 23.1 Å². The Bertz CT molecular complexity index is 1260. The molecule has 0 bridgehead atoms. The Morgan fingerprint density at radius 3 is 2.64 bits per heavy atom. The van der Waals surface area contributed by atoms with Gasteiger partial charge >= 0.3 is 0 Å². The van der Waals surface area contributed by atoms with Crippen LogP contribution in [0.3, 0.4) is 0 Å². The van der Waals surface area contributed by atoms with Crippen LogP contribution in [-0.2, 0) is 17.1 Å². The van der Waals surface area contributed by atoms with Crippen molar-refractivity contribution in [1.82, 2.24) is 34.3 Å². The van der Waals surface area contributed by atoms with Crippen LogP contribution in [0.15, 0.2) is 41.1 Å². The summed E-state index contributed by atoms with van der Waals surface area (Å²) in [4.78, 5) is 8.98. The average Bonchev–Trinajstić information content (AvgIpc) is 3.30. The summed E-state index contributed by atoms with van der Waals surface area (Å²) in [6.07, 6.45) is 5.44. The third-order valence-electron chi connectivity index (χ3n) is 3.92. The third kappa shape index (κ3) is 3.44. The van der Waals surface area contributed by atoms with Gasteiger partial charge in [0, 0.05) is 44.7 Å². The Hall–Kier alpha value is -2.96. The van der Waals surface area contributed by atoms with Gasteiger partial charge in [0.15, 0.2) is 0 Å². The van der Waals surface area contributed by atoms with Crippen LogP contribution in [0.2, 0.25) is 0 Å². The molecule has 0 unspecified atom stereocenters. The van der Waals surface area contributed by atoms with Gasteiger partial charge in [-0.1, -0.05) is 11.3 Å². The number of fused-ring (bicyclic) bond motifs is 1. The lowest BCUT2D eigenvalue weighted by Crippen LogP contribution is -2.21. The molecule has 28 heavy (non-hydrogen) atoms. The predicted octanol–water partition coefficient (Wildman–Crippen LogP) is 1.88. The molecule has 0 spiro atoms. The first-order valence-electron chi connectivity index (χ1n) is 8.12. The highest BCUT2D eigenvalue weighted by Crippen LogP contribution is 2.26. The predicted molar refractivity (Wildman–Crippen MR) is 106 cm³/mol. The van der Waals surface area contributed by atoms with E-state index in [-0.39, 0.29) is 4.34 Å². The van der Waals surface area contributed by atoms with E-state index in [1.807, 2.05) is 25.4 Å². The minimum absolute atomic E-state index is 0.0821. The van der Waals surface area contributed by atoms with Crippen LogP contribution in [0.1, 0.15) is 0 Å². The molecule has 0 aliphatic carbocycles. The molecule has 0 aliphatic heterocycles.